The molecule has 0 aliphatic carbocycles. The van der Waals surface area contributed by atoms with Crippen LogP contribution in [0.15, 0.2) is 71.7 Å². The quantitative estimate of drug-likeness (QED) is 0.462. The summed E-state index contributed by atoms with van der Waals surface area (Å²) < 4.78 is 5.23. The summed E-state index contributed by atoms with van der Waals surface area (Å²) >= 11 is 1.52. The van der Waals surface area contributed by atoms with Crippen molar-refractivity contribution in [3.63, 3.8) is 0 Å². The van der Waals surface area contributed by atoms with Gasteiger partial charge in [0.05, 0.1) is 12.3 Å². The molecule has 0 fully saturated rings. The lowest BCUT2D eigenvalue weighted by molar-refractivity contribution is 0.0997. The third-order valence-corrected chi connectivity index (χ3v) is 5.37. The Morgan fingerprint density at radius 2 is 2.03 bits per heavy atom. The van der Waals surface area contributed by atoms with E-state index in [2.05, 4.69) is 26.7 Å². The van der Waals surface area contributed by atoms with Gasteiger partial charge in [0.15, 0.2) is 5.76 Å². The van der Waals surface area contributed by atoms with Gasteiger partial charge in [0.25, 0.3) is 5.91 Å². The first-order valence-corrected chi connectivity index (χ1v) is 9.96. The molecule has 7 heteroatoms. The molecule has 0 aliphatic rings. The zero-order valence-corrected chi connectivity index (χ0v) is 16.9. The molecule has 0 bridgehead atoms. The molecule has 1 atom stereocenters. The van der Waals surface area contributed by atoms with Gasteiger partial charge in [-0.05, 0) is 61.4 Å². The van der Waals surface area contributed by atoms with Crippen LogP contribution in [0, 0.1) is 13.8 Å². The van der Waals surface area contributed by atoms with Crippen molar-refractivity contribution >= 4 is 28.1 Å². The smallest absolute Gasteiger partial charge is 0.291 e. The first-order valence-electron chi connectivity index (χ1n) is 9.14. The van der Waals surface area contributed by atoms with Crippen LogP contribution < -0.4 is 10.6 Å². The van der Waals surface area contributed by atoms with Gasteiger partial charge in [-0.1, -0.05) is 6.07 Å². The number of carbonyl (C=O) groups excluding carboxylic acids is 1. The van der Waals surface area contributed by atoms with E-state index < -0.39 is 0 Å². The Balaban J connectivity index is 1.72. The van der Waals surface area contributed by atoms with E-state index in [9.17, 15) is 4.79 Å². The zero-order valence-electron chi connectivity index (χ0n) is 16.0. The van der Waals surface area contributed by atoms with E-state index in [0.29, 0.717) is 0 Å². The summed E-state index contributed by atoms with van der Waals surface area (Å²) in [6.07, 6.45) is 6.82. The summed E-state index contributed by atoms with van der Waals surface area (Å²) in [4.78, 5) is 22.3. The average Bonchev–Trinajstić information content (AvgIpc) is 3.37. The van der Waals surface area contributed by atoms with E-state index in [0.717, 1.165) is 32.4 Å². The van der Waals surface area contributed by atoms with Gasteiger partial charge in [-0.2, -0.15) is 0 Å². The fraction of sp³-hybridized carbons (Fsp3) is 0.136. The number of thiophene rings is 1. The van der Waals surface area contributed by atoms with Gasteiger partial charge in [-0.3, -0.25) is 9.78 Å². The molecular weight excluding hydrogens is 384 g/mol. The second-order valence-corrected chi connectivity index (χ2v) is 7.91. The number of aryl methyl sites for hydroxylation is 2. The van der Waals surface area contributed by atoms with Crippen molar-refractivity contribution in [3.05, 3.63) is 94.6 Å². The molecule has 4 aromatic heterocycles. The summed E-state index contributed by atoms with van der Waals surface area (Å²) in [5, 5.41) is 7.24. The fourth-order valence-corrected chi connectivity index (χ4v) is 4.02. The topological polar surface area (TPSA) is 80.0 Å². The van der Waals surface area contributed by atoms with E-state index in [1.807, 2.05) is 44.3 Å². The van der Waals surface area contributed by atoms with E-state index in [4.69, 9.17) is 4.42 Å². The van der Waals surface area contributed by atoms with Crippen molar-refractivity contribution in [3.8, 4) is 0 Å². The predicted octanol–water partition coefficient (Wildman–Crippen LogP) is 5.20. The van der Waals surface area contributed by atoms with Crippen LogP contribution in [0.4, 0.5) is 10.8 Å². The lowest BCUT2D eigenvalue weighted by Gasteiger charge is -2.20. The molecule has 0 unspecified atom stereocenters. The van der Waals surface area contributed by atoms with Crippen molar-refractivity contribution < 1.29 is 9.21 Å². The number of amides is 1. The van der Waals surface area contributed by atoms with Crippen LogP contribution in [-0.4, -0.2) is 15.9 Å². The minimum absolute atomic E-state index is 0.227. The summed E-state index contributed by atoms with van der Waals surface area (Å²) in [6, 6.07) is 13.0. The molecule has 6 nitrogen and oxygen atoms in total. The highest BCUT2D eigenvalue weighted by Crippen LogP contribution is 2.37. The number of pyridine rings is 2. The number of nitrogens with zero attached hydrogens (tertiary/aromatic N) is 2. The third kappa shape index (κ3) is 4.35. The van der Waals surface area contributed by atoms with Gasteiger partial charge in [-0.15, -0.1) is 11.3 Å². The summed E-state index contributed by atoms with van der Waals surface area (Å²) in [6.45, 7) is 4.04. The molecule has 0 aromatic carbocycles. The van der Waals surface area contributed by atoms with Gasteiger partial charge in [-0.25, -0.2) is 4.98 Å². The molecule has 1 amide bonds. The Morgan fingerprint density at radius 1 is 1.14 bits per heavy atom. The van der Waals surface area contributed by atoms with E-state index >= 15 is 0 Å². The minimum atomic E-state index is -0.281. The van der Waals surface area contributed by atoms with E-state index in [1.54, 1.807) is 24.5 Å². The molecule has 4 aromatic rings. The first kappa shape index (κ1) is 18.9. The number of furan rings is 1. The molecule has 2 N–H and O–H groups in total. The maximum absolute atomic E-state index is 12.6. The van der Waals surface area contributed by atoms with Gasteiger partial charge in [0.2, 0.25) is 0 Å². The highest BCUT2D eigenvalue weighted by Gasteiger charge is 2.23. The minimum Gasteiger partial charge on any atom is -0.459 e. The second kappa shape index (κ2) is 8.28. The Hall–Kier alpha value is -3.45. The number of hydrogen-bond acceptors (Lipinski definition) is 6. The largest absolute Gasteiger partial charge is 0.459 e. The van der Waals surface area contributed by atoms with Crippen molar-refractivity contribution in [1.82, 2.24) is 9.97 Å². The van der Waals surface area contributed by atoms with Crippen LogP contribution in [-0.2, 0) is 0 Å². The lowest BCUT2D eigenvalue weighted by atomic mass is 10.0. The maximum atomic E-state index is 12.6. The van der Waals surface area contributed by atoms with E-state index in [1.165, 1.54) is 17.6 Å². The highest BCUT2D eigenvalue weighted by atomic mass is 32.1. The number of hydrogen-bond donors (Lipinski definition) is 2. The van der Waals surface area contributed by atoms with E-state index in [-0.39, 0.29) is 17.7 Å². The normalized spacial score (nSPS) is 11.8. The van der Waals surface area contributed by atoms with Crippen molar-refractivity contribution in [1.29, 1.82) is 0 Å². The van der Waals surface area contributed by atoms with Crippen LogP contribution >= 0.6 is 11.3 Å². The Labute approximate surface area is 172 Å². The summed E-state index contributed by atoms with van der Waals surface area (Å²) in [5.41, 5.74) is 3.03. The van der Waals surface area contributed by atoms with Crippen LogP contribution in [0.25, 0.3) is 0 Å². The van der Waals surface area contributed by atoms with Crippen LogP contribution in [0.2, 0.25) is 0 Å². The van der Waals surface area contributed by atoms with Gasteiger partial charge in [0.1, 0.15) is 10.8 Å². The summed E-state index contributed by atoms with van der Waals surface area (Å²) in [7, 11) is 0. The Kier molecular flexibility index (Phi) is 5.39. The zero-order chi connectivity index (χ0) is 20.2. The molecule has 4 heterocycles. The number of nitrogens with one attached hydrogen (secondary N) is 2. The van der Waals surface area contributed by atoms with Crippen molar-refractivity contribution in [2.45, 2.75) is 19.9 Å². The molecular formula is C22H20N4O2S. The molecule has 0 radical (unpaired) electrons. The average molecular weight is 404 g/mol. The van der Waals surface area contributed by atoms with Gasteiger partial charge < -0.3 is 15.1 Å². The maximum Gasteiger partial charge on any atom is 0.291 e. The molecule has 146 valence electrons. The molecule has 0 spiro atoms. The van der Waals surface area contributed by atoms with Crippen LogP contribution in [0.5, 0.6) is 0 Å². The number of rotatable bonds is 6. The van der Waals surface area contributed by atoms with Crippen molar-refractivity contribution in [2.24, 2.45) is 0 Å². The predicted molar refractivity (Wildman–Crippen MR) is 114 cm³/mol. The van der Waals surface area contributed by atoms with Gasteiger partial charge in [0, 0.05) is 29.0 Å². The first-order chi connectivity index (χ1) is 14.1. The number of carbonyl (C=O) groups is 1. The second-order valence-electron chi connectivity index (χ2n) is 6.66. The number of aromatic nitrogens is 2. The monoisotopic (exact) mass is 404 g/mol. The molecule has 0 saturated carbocycles. The molecule has 0 aliphatic heterocycles. The Bertz CT molecular complexity index is 1110. The Morgan fingerprint density at radius 3 is 2.76 bits per heavy atom. The molecule has 4 rings (SSSR count). The number of anilines is 2. The van der Waals surface area contributed by atoms with Crippen LogP contribution in [0.1, 0.15) is 38.2 Å². The standard InChI is InChI=1S/C22H20N4O2S/c1-14-7-9-24-19(11-14)25-20(16-5-3-8-23-13-16)17-12-15(2)29-22(17)26-21(27)18-6-4-10-28-18/h3-13,20H,1-2H3,(H,24,25)(H,26,27)/t20-/m0/s1. The highest BCUT2D eigenvalue weighted by molar-refractivity contribution is 7.16. The SMILES string of the molecule is Cc1ccnc(N[C@@H](c2cccnc2)c2cc(C)sc2NC(=O)c2ccco2)c1. The van der Waals surface area contributed by atoms with Crippen LogP contribution in [0.3, 0.4) is 0 Å². The molecule has 29 heavy (non-hydrogen) atoms. The molecule has 0 saturated heterocycles. The van der Waals surface area contributed by atoms with Gasteiger partial charge >= 0.3 is 0 Å². The third-order valence-electron chi connectivity index (χ3n) is 4.39. The fourth-order valence-electron chi connectivity index (χ4n) is 3.07. The lowest BCUT2D eigenvalue weighted by Crippen LogP contribution is -2.17. The summed E-state index contributed by atoms with van der Waals surface area (Å²) in [5.74, 6) is 0.746. The van der Waals surface area contributed by atoms with Crippen molar-refractivity contribution in [2.75, 3.05) is 10.6 Å².